The number of aliphatic imine (C=N–C) groups is 1. The SMILES string of the molecule is CC(C1O[C@@H]2SC(N(C)C)=N[C@@H]2[C@@H](OCc2ccccc2)[C@@H]1OCc1ccccc1)C(F)(F)F. The topological polar surface area (TPSA) is 43.3 Å². The van der Waals surface area contributed by atoms with Gasteiger partial charge in [-0.15, -0.1) is 0 Å². The Kier molecular flexibility index (Phi) is 7.87. The first-order chi connectivity index (χ1) is 16.2. The van der Waals surface area contributed by atoms with Crippen molar-refractivity contribution in [1.82, 2.24) is 4.90 Å². The van der Waals surface area contributed by atoms with E-state index in [0.29, 0.717) is 5.17 Å². The van der Waals surface area contributed by atoms with Gasteiger partial charge in [0.05, 0.1) is 25.2 Å². The maximum atomic E-state index is 13.9. The standard InChI is InChI=1S/C25H29F3N2O3S/c1-16(25(26,27)28)20-22(32-15-18-12-8-5-9-13-18)21(31-14-17-10-6-4-7-11-17)19-23(33-20)34-24(29-19)30(2)3/h4-13,16,19-23H,14-15H2,1-3H3/t16?,19-,20?,21-,22-,23-/m1/s1. The summed E-state index contributed by atoms with van der Waals surface area (Å²) in [5.41, 5.74) is 1.21. The molecule has 6 atom stereocenters. The summed E-state index contributed by atoms with van der Waals surface area (Å²) in [4.78, 5) is 6.59. The van der Waals surface area contributed by atoms with Crippen LogP contribution in [0.25, 0.3) is 0 Å². The first kappa shape index (κ1) is 25.0. The minimum atomic E-state index is -4.44. The lowest BCUT2D eigenvalue weighted by molar-refractivity contribution is -0.260. The third-order valence-corrected chi connectivity index (χ3v) is 7.30. The molecule has 0 radical (unpaired) electrons. The van der Waals surface area contributed by atoms with Crippen molar-refractivity contribution in [2.45, 2.75) is 56.1 Å². The minimum absolute atomic E-state index is 0.149. The number of fused-ring (bicyclic) bond motifs is 1. The number of hydrogen-bond acceptors (Lipinski definition) is 6. The quantitative estimate of drug-likeness (QED) is 0.535. The Hall–Kier alpha value is -2.07. The third-order valence-electron chi connectivity index (χ3n) is 6.00. The van der Waals surface area contributed by atoms with E-state index in [0.717, 1.165) is 18.1 Å². The Morgan fingerprint density at radius 1 is 0.941 bits per heavy atom. The monoisotopic (exact) mass is 494 g/mol. The summed E-state index contributed by atoms with van der Waals surface area (Å²) in [5.74, 6) is -1.74. The van der Waals surface area contributed by atoms with Gasteiger partial charge in [-0.3, -0.25) is 4.99 Å². The lowest BCUT2D eigenvalue weighted by atomic mass is 9.89. The Labute approximate surface area is 202 Å². The van der Waals surface area contributed by atoms with Crippen LogP contribution in [0.15, 0.2) is 65.7 Å². The normalized spacial score (nSPS) is 27.7. The van der Waals surface area contributed by atoms with Gasteiger partial charge in [0.15, 0.2) is 5.17 Å². The lowest BCUT2D eigenvalue weighted by Gasteiger charge is -2.45. The van der Waals surface area contributed by atoms with Crippen LogP contribution in [0.5, 0.6) is 0 Å². The van der Waals surface area contributed by atoms with Crippen LogP contribution in [0.3, 0.4) is 0 Å². The van der Waals surface area contributed by atoms with E-state index < -0.39 is 41.9 Å². The maximum Gasteiger partial charge on any atom is 0.394 e. The van der Waals surface area contributed by atoms with Crippen molar-refractivity contribution in [3.8, 4) is 0 Å². The number of rotatable bonds is 7. The molecular formula is C25H29F3N2O3S. The fourth-order valence-corrected chi connectivity index (χ4v) is 5.21. The van der Waals surface area contributed by atoms with Crippen LogP contribution in [0.1, 0.15) is 18.1 Å². The number of ether oxygens (including phenoxy) is 3. The largest absolute Gasteiger partial charge is 0.394 e. The van der Waals surface area contributed by atoms with E-state index in [-0.39, 0.29) is 13.2 Å². The number of amidine groups is 1. The smallest absolute Gasteiger partial charge is 0.368 e. The molecule has 0 saturated carbocycles. The Morgan fingerprint density at radius 3 is 1.97 bits per heavy atom. The zero-order chi connectivity index (χ0) is 24.3. The van der Waals surface area contributed by atoms with Crippen molar-refractivity contribution in [2.75, 3.05) is 14.1 Å². The molecular weight excluding hydrogens is 465 g/mol. The zero-order valence-corrected chi connectivity index (χ0v) is 20.1. The third kappa shape index (κ3) is 5.76. The molecule has 0 N–H and O–H groups in total. The molecule has 0 aliphatic carbocycles. The summed E-state index contributed by atoms with van der Waals surface area (Å²) in [6.45, 7) is 1.53. The Morgan fingerprint density at radius 2 is 1.47 bits per heavy atom. The van der Waals surface area contributed by atoms with Crippen LogP contribution in [0, 0.1) is 5.92 Å². The van der Waals surface area contributed by atoms with Crippen LogP contribution in [-0.2, 0) is 27.4 Å². The van der Waals surface area contributed by atoms with E-state index in [9.17, 15) is 13.2 Å². The number of benzene rings is 2. The first-order valence-corrected chi connectivity index (χ1v) is 12.1. The van der Waals surface area contributed by atoms with Crippen LogP contribution < -0.4 is 0 Å². The second kappa shape index (κ2) is 10.7. The molecule has 0 spiro atoms. The molecule has 1 fully saturated rings. The van der Waals surface area contributed by atoms with Crippen LogP contribution >= 0.6 is 11.8 Å². The van der Waals surface area contributed by atoms with Crippen LogP contribution in [0.4, 0.5) is 13.2 Å². The number of nitrogens with zero attached hydrogens (tertiary/aromatic N) is 2. The molecule has 4 rings (SSSR count). The molecule has 184 valence electrons. The summed E-state index contributed by atoms with van der Waals surface area (Å²) in [6.07, 6.45) is -7.32. The summed E-state index contributed by atoms with van der Waals surface area (Å²) in [7, 11) is 3.70. The molecule has 9 heteroatoms. The summed E-state index contributed by atoms with van der Waals surface area (Å²) < 4.78 is 60.1. The average Bonchev–Trinajstić information content (AvgIpc) is 3.26. The number of halogens is 3. The van der Waals surface area contributed by atoms with Gasteiger partial charge >= 0.3 is 6.18 Å². The highest BCUT2D eigenvalue weighted by Crippen LogP contribution is 2.44. The maximum absolute atomic E-state index is 13.9. The number of hydrogen-bond donors (Lipinski definition) is 0. The van der Waals surface area contributed by atoms with Crippen LogP contribution in [-0.4, -0.2) is 60.1 Å². The highest BCUT2D eigenvalue weighted by molar-refractivity contribution is 8.14. The predicted octanol–water partition coefficient (Wildman–Crippen LogP) is 5.11. The van der Waals surface area contributed by atoms with Gasteiger partial charge in [-0.1, -0.05) is 79.3 Å². The average molecular weight is 495 g/mol. The van der Waals surface area contributed by atoms with Crippen molar-refractivity contribution < 1.29 is 27.4 Å². The van der Waals surface area contributed by atoms with Crippen molar-refractivity contribution in [3.05, 3.63) is 71.8 Å². The first-order valence-electron chi connectivity index (χ1n) is 11.2. The summed E-state index contributed by atoms with van der Waals surface area (Å²) in [5, 5.41) is 0.699. The fraction of sp³-hybridized carbons (Fsp3) is 0.480. The van der Waals surface area contributed by atoms with E-state index in [2.05, 4.69) is 0 Å². The second-order valence-corrected chi connectivity index (χ2v) is 9.80. The molecule has 0 amide bonds. The van der Waals surface area contributed by atoms with E-state index in [1.807, 2.05) is 79.7 Å². The van der Waals surface area contributed by atoms with Crippen molar-refractivity contribution in [1.29, 1.82) is 0 Å². The highest BCUT2D eigenvalue weighted by Gasteiger charge is 2.56. The van der Waals surface area contributed by atoms with Crippen molar-refractivity contribution in [2.24, 2.45) is 10.9 Å². The molecule has 2 unspecified atom stereocenters. The lowest BCUT2D eigenvalue weighted by Crippen LogP contribution is -2.60. The molecule has 2 aromatic carbocycles. The molecule has 1 saturated heterocycles. The van der Waals surface area contributed by atoms with Gasteiger partial charge in [0.1, 0.15) is 23.7 Å². The molecule has 5 nitrogen and oxygen atoms in total. The van der Waals surface area contributed by atoms with E-state index >= 15 is 0 Å². The van der Waals surface area contributed by atoms with Gasteiger partial charge in [0, 0.05) is 14.1 Å². The van der Waals surface area contributed by atoms with Crippen molar-refractivity contribution in [3.63, 3.8) is 0 Å². The van der Waals surface area contributed by atoms with E-state index in [1.165, 1.54) is 11.8 Å². The second-order valence-electron chi connectivity index (χ2n) is 8.74. The summed E-state index contributed by atoms with van der Waals surface area (Å²) in [6, 6.07) is 18.4. The van der Waals surface area contributed by atoms with Gasteiger partial charge in [-0.05, 0) is 11.1 Å². The number of alkyl halides is 3. The van der Waals surface area contributed by atoms with Gasteiger partial charge in [-0.25, -0.2) is 0 Å². The highest BCUT2D eigenvalue weighted by atomic mass is 32.2. The molecule has 0 bridgehead atoms. The van der Waals surface area contributed by atoms with Crippen molar-refractivity contribution >= 4 is 16.9 Å². The van der Waals surface area contributed by atoms with Gasteiger partial charge in [-0.2, -0.15) is 13.2 Å². The van der Waals surface area contributed by atoms with Gasteiger partial charge in [0.25, 0.3) is 0 Å². The molecule has 2 aliphatic rings. The zero-order valence-electron chi connectivity index (χ0n) is 19.3. The Balaban J connectivity index is 1.65. The summed E-state index contributed by atoms with van der Waals surface area (Å²) >= 11 is 1.33. The minimum Gasteiger partial charge on any atom is -0.368 e. The van der Waals surface area contributed by atoms with Gasteiger partial charge < -0.3 is 19.1 Å². The molecule has 2 aromatic rings. The fourth-order valence-electron chi connectivity index (χ4n) is 4.07. The van der Waals surface area contributed by atoms with E-state index in [4.69, 9.17) is 19.2 Å². The molecule has 2 aliphatic heterocycles. The Bertz CT molecular complexity index is 959. The molecule has 0 aromatic heterocycles. The molecule has 2 heterocycles. The van der Waals surface area contributed by atoms with Crippen LogP contribution in [0.2, 0.25) is 0 Å². The molecule has 34 heavy (non-hydrogen) atoms. The number of thioether (sulfide) groups is 1. The van der Waals surface area contributed by atoms with Gasteiger partial charge in [0.2, 0.25) is 0 Å². The predicted molar refractivity (Wildman–Crippen MR) is 126 cm³/mol. The van der Waals surface area contributed by atoms with E-state index in [1.54, 1.807) is 0 Å².